The Balaban J connectivity index is 1.57. The molecule has 0 N–H and O–H groups in total. The van der Waals surface area contributed by atoms with Gasteiger partial charge in [0.05, 0.1) is 11.2 Å². The summed E-state index contributed by atoms with van der Waals surface area (Å²) in [5.74, 6) is 0.957. The molecule has 0 radical (unpaired) electrons. The first-order chi connectivity index (χ1) is 10.8. The van der Waals surface area contributed by atoms with Gasteiger partial charge in [-0.05, 0) is 31.2 Å². The van der Waals surface area contributed by atoms with Crippen molar-refractivity contribution in [1.29, 1.82) is 0 Å². The second-order valence-electron chi connectivity index (χ2n) is 4.95. The highest BCUT2D eigenvalue weighted by Crippen LogP contribution is 2.17. The van der Waals surface area contributed by atoms with E-state index >= 15 is 0 Å². The molecule has 1 amide bonds. The Morgan fingerprint density at radius 1 is 1.41 bits per heavy atom. The maximum Gasteiger partial charge on any atom is 0.275 e. The number of carbonyl (C=O) groups excluding carboxylic acids is 1. The van der Waals surface area contributed by atoms with E-state index in [1.165, 1.54) is 6.26 Å². The molecule has 116 valence electrons. The van der Waals surface area contributed by atoms with E-state index in [9.17, 15) is 4.79 Å². The lowest BCUT2D eigenvalue weighted by molar-refractivity contribution is 0.0787. The Kier molecular flexibility index (Phi) is 4.62. The van der Waals surface area contributed by atoms with Crippen LogP contribution in [0.5, 0.6) is 5.75 Å². The molecule has 0 saturated carbocycles. The topological polar surface area (TPSA) is 68.5 Å². The zero-order chi connectivity index (χ0) is 15.4. The zero-order valence-corrected chi connectivity index (χ0v) is 13.1. The molecular weight excluding hydrogens is 302 g/mol. The monoisotopic (exact) mass is 319 g/mol. The van der Waals surface area contributed by atoms with Gasteiger partial charge in [0.2, 0.25) is 5.89 Å². The van der Waals surface area contributed by atoms with Crippen LogP contribution in [0.2, 0.25) is 0 Å². The maximum atomic E-state index is 12.2. The Labute approximate surface area is 132 Å². The van der Waals surface area contributed by atoms with Crippen LogP contribution in [-0.4, -0.2) is 40.1 Å². The Morgan fingerprint density at radius 3 is 2.91 bits per heavy atom. The molecular formula is C15H17N3O3S. The molecule has 3 heterocycles. The van der Waals surface area contributed by atoms with Crippen molar-refractivity contribution >= 4 is 17.7 Å². The fourth-order valence-corrected chi connectivity index (χ4v) is 2.64. The van der Waals surface area contributed by atoms with Gasteiger partial charge in [0, 0.05) is 13.1 Å². The van der Waals surface area contributed by atoms with Crippen molar-refractivity contribution in [1.82, 2.24) is 14.9 Å². The summed E-state index contributed by atoms with van der Waals surface area (Å²) in [5, 5.41) is 0.932. The fraction of sp³-hybridized carbons (Fsp3) is 0.400. The second-order valence-corrected chi connectivity index (χ2v) is 5.78. The van der Waals surface area contributed by atoms with Gasteiger partial charge < -0.3 is 14.1 Å². The summed E-state index contributed by atoms with van der Waals surface area (Å²) in [5.41, 5.74) is 0.344. The van der Waals surface area contributed by atoms with Gasteiger partial charge in [-0.25, -0.2) is 9.97 Å². The van der Waals surface area contributed by atoms with Gasteiger partial charge in [0.25, 0.3) is 5.91 Å². The standard InChI is InChI=1S/C15H17N3O3S/c1-22-14-5-4-11(8-16-14)20-10-13-17-12(9-21-13)15(19)18-6-2-3-7-18/h4-5,8-9H,2-3,6-7,10H2,1H3. The first-order valence-electron chi connectivity index (χ1n) is 7.13. The first kappa shape index (κ1) is 14.9. The van der Waals surface area contributed by atoms with Crippen molar-refractivity contribution in [2.75, 3.05) is 19.3 Å². The molecule has 1 aliphatic heterocycles. The zero-order valence-electron chi connectivity index (χ0n) is 12.3. The summed E-state index contributed by atoms with van der Waals surface area (Å²) in [7, 11) is 0. The van der Waals surface area contributed by atoms with E-state index in [1.54, 1.807) is 22.9 Å². The SMILES string of the molecule is CSc1ccc(OCc2nc(C(=O)N3CCCC3)co2)cn1. The quantitative estimate of drug-likeness (QED) is 0.789. The smallest absolute Gasteiger partial charge is 0.275 e. The van der Waals surface area contributed by atoms with Crippen molar-refractivity contribution in [3.05, 3.63) is 36.2 Å². The van der Waals surface area contributed by atoms with Crippen LogP contribution < -0.4 is 4.74 Å². The van der Waals surface area contributed by atoms with E-state index in [-0.39, 0.29) is 12.5 Å². The summed E-state index contributed by atoms with van der Waals surface area (Å²) < 4.78 is 10.9. The van der Waals surface area contributed by atoms with Crippen molar-refractivity contribution in [3.8, 4) is 5.75 Å². The molecule has 3 rings (SSSR count). The van der Waals surface area contributed by atoms with Crippen molar-refractivity contribution in [3.63, 3.8) is 0 Å². The number of hydrogen-bond donors (Lipinski definition) is 0. The van der Waals surface area contributed by atoms with Gasteiger partial charge in [-0.3, -0.25) is 4.79 Å². The predicted molar refractivity (Wildman–Crippen MR) is 82.0 cm³/mol. The summed E-state index contributed by atoms with van der Waals surface area (Å²) in [6, 6.07) is 3.73. The lowest BCUT2D eigenvalue weighted by atomic mass is 10.4. The van der Waals surface area contributed by atoms with Crippen LogP contribution >= 0.6 is 11.8 Å². The van der Waals surface area contributed by atoms with Crippen molar-refractivity contribution in [2.45, 2.75) is 24.5 Å². The number of carbonyl (C=O) groups is 1. The minimum absolute atomic E-state index is 0.0708. The predicted octanol–water partition coefficient (Wildman–Crippen LogP) is 2.61. The number of thioether (sulfide) groups is 1. The number of rotatable bonds is 5. The molecule has 0 bridgehead atoms. The molecule has 6 nitrogen and oxygen atoms in total. The van der Waals surface area contributed by atoms with E-state index in [4.69, 9.17) is 9.15 Å². The minimum Gasteiger partial charge on any atom is -0.482 e. The Hall–Kier alpha value is -2.02. The van der Waals surface area contributed by atoms with E-state index in [2.05, 4.69) is 9.97 Å². The molecule has 7 heteroatoms. The third-order valence-corrected chi connectivity index (χ3v) is 4.10. The molecule has 0 aliphatic carbocycles. The maximum absolute atomic E-state index is 12.2. The van der Waals surface area contributed by atoms with Crippen LogP contribution in [0.15, 0.2) is 34.0 Å². The number of aromatic nitrogens is 2. The van der Waals surface area contributed by atoms with Crippen LogP contribution in [0.1, 0.15) is 29.2 Å². The van der Waals surface area contributed by atoms with Crippen LogP contribution in [0, 0.1) is 0 Å². The number of hydrogen-bond acceptors (Lipinski definition) is 6. The highest BCUT2D eigenvalue weighted by atomic mass is 32.2. The number of likely N-dealkylation sites (tertiary alicyclic amines) is 1. The number of nitrogens with zero attached hydrogens (tertiary/aromatic N) is 3. The second kappa shape index (κ2) is 6.83. The van der Waals surface area contributed by atoms with Crippen molar-refractivity contribution < 1.29 is 13.9 Å². The third-order valence-electron chi connectivity index (χ3n) is 3.44. The van der Waals surface area contributed by atoms with Gasteiger partial charge in [-0.15, -0.1) is 11.8 Å². The van der Waals surface area contributed by atoms with E-state index in [0.29, 0.717) is 17.3 Å². The van der Waals surface area contributed by atoms with Gasteiger partial charge >= 0.3 is 0 Å². The largest absolute Gasteiger partial charge is 0.482 e. The number of amides is 1. The molecule has 1 saturated heterocycles. The van der Waals surface area contributed by atoms with Crippen molar-refractivity contribution in [2.24, 2.45) is 0 Å². The van der Waals surface area contributed by atoms with Crippen LogP contribution in [-0.2, 0) is 6.61 Å². The lowest BCUT2D eigenvalue weighted by Crippen LogP contribution is -2.27. The molecule has 2 aromatic rings. The lowest BCUT2D eigenvalue weighted by Gasteiger charge is -2.12. The minimum atomic E-state index is -0.0708. The van der Waals surface area contributed by atoms with Gasteiger partial charge in [0.15, 0.2) is 12.3 Å². The summed E-state index contributed by atoms with van der Waals surface area (Å²) in [6.45, 7) is 1.77. The average Bonchev–Trinajstić information content (AvgIpc) is 3.24. The van der Waals surface area contributed by atoms with E-state index in [0.717, 1.165) is 31.0 Å². The molecule has 2 aromatic heterocycles. The number of pyridine rings is 1. The van der Waals surface area contributed by atoms with Gasteiger partial charge in [-0.2, -0.15) is 0 Å². The highest BCUT2D eigenvalue weighted by molar-refractivity contribution is 7.98. The molecule has 0 spiro atoms. The normalized spacial score (nSPS) is 14.3. The highest BCUT2D eigenvalue weighted by Gasteiger charge is 2.22. The summed E-state index contributed by atoms with van der Waals surface area (Å²) in [6.07, 6.45) is 7.13. The van der Waals surface area contributed by atoms with Crippen LogP contribution in [0.4, 0.5) is 0 Å². The summed E-state index contributed by atoms with van der Waals surface area (Å²) in [4.78, 5) is 22.4. The number of oxazole rings is 1. The van der Waals surface area contributed by atoms with E-state index < -0.39 is 0 Å². The average molecular weight is 319 g/mol. The third kappa shape index (κ3) is 3.41. The van der Waals surface area contributed by atoms with Gasteiger partial charge in [0.1, 0.15) is 12.0 Å². The molecule has 0 unspecified atom stereocenters. The summed E-state index contributed by atoms with van der Waals surface area (Å²) >= 11 is 1.57. The number of ether oxygens (including phenoxy) is 1. The van der Waals surface area contributed by atoms with E-state index in [1.807, 2.05) is 18.4 Å². The van der Waals surface area contributed by atoms with Crippen LogP contribution in [0.25, 0.3) is 0 Å². The Bertz CT molecular complexity index is 636. The Morgan fingerprint density at radius 2 is 2.23 bits per heavy atom. The van der Waals surface area contributed by atoms with Crippen LogP contribution in [0.3, 0.4) is 0 Å². The fourth-order valence-electron chi connectivity index (χ4n) is 2.28. The molecule has 1 aliphatic rings. The molecule has 1 fully saturated rings. The molecule has 0 atom stereocenters. The molecule has 22 heavy (non-hydrogen) atoms. The molecule has 0 aromatic carbocycles. The van der Waals surface area contributed by atoms with Gasteiger partial charge in [-0.1, -0.05) is 0 Å². The first-order valence-corrected chi connectivity index (χ1v) is 8.35.